The van der Waals surface area contributed by atoms with Crippen molar-refractivity contribution in [3.8, 4) is 5.75 Å². The fourth-order valence-corrected chi connectivity index (χ4v) is 5.66. The van der Waals surface area contributed by atoms with E-state index >= 15 is 0 Å². The molecule has 27 heavy (non-hydrogen) atoms. The molecule has 0 radical (unpaired) electrons. The molecular weight excluding hydrogens is 366 g/mol. The summed E-state index contributed by atoms with van der Waals surface area (Å²) in [6.07, 6.45) is -5.47. The van der Waals surface area contributed by atoms with E-state index in [0.29, 0.717) is 11.8 Å². The monoisotopic (exact) mass is 383 g/mol. The van der Waals surface area contributed by atoms with E-state index in [1.165, 1.54) is 12.1 Å². The molecule has 1 aromatic carbocycles. The molecule has 1 heterocycles. The Bertz CT molecular complexity index is 778. The van der Waals surface area contributed by atoms with Gasteiger partial charge in [-0.15, -0.1) is 0 Å². The molecule has 2 bridgehead atoms. The first-order chi connectivity index (χ1) is 12.8. The summed E-state index contributed by atoms with van der Waals surface area (Å²) in [7, 11) is 0. The standard InChI is InChI=1S/C19H17F4NO3/c20-18(21)19(22,23)27-9-3-1-8(2-4-9)24-16(25)14-10-5-6-11(13-7-12(10)13)15(14)17(24)26/h1-4,10-15,18H,5-7H2. The molecule has 0 N–H and O–H groups in total. The smallest absolute Gasteiger partial charge is 0.428 e. The predicted octanol–water partition coefficient (Wildman–Crippen LogP) is 3.70. The zero-order valence-corrected chi connectivity index (χ0v) is 14.2. The number of rotatable bonds is 4. The van der Waals surface area contributed by atoms with Crippen LogP contribution in [0, 0.1) is 35.5 Å². The fourth-order valence-electron chi connectivity index (χ4n) is 5.66. The van der Waals surface area contributed by atoms with Crippen molar-refractivity contribution >= 4 is 17.5 Å². The van der Waals surface area contributed by atoms with E-state index in [9.17, 15) is 27.2 Å². The molecule has 144 valence electrons. The highest BCUT2D eigenvalue weighted by Gasteiger charge is 2.68. The number of hydrogen-bond acceptors (Lipinski definition) is 3. The van der Waals surface area contributed by atoms with E-state index in [1.807, 2.05) is 0 Å². The Labute approximate surface area is 152 Å². The number of fused-ring (bicyclic) bond motifs is 1. The zero-order valence-electron chi connectivity index (χ0n) is 14.2. The maximum atomic E-state index is 13.0. The van der Waals surface area contributed by atoms with Gasteiger partial charge >= 0.3 is 12.5 Å². The number of hydrogen-bond donors (Lipinski definition) is 0. The van der Waals surface area contributed by atoms with Crippen LogP contribution in [-0.4, -0.2) is 24.3 Å². The molecule has 4 nitrogen and oxygen atoms in total. The molecule has 4 aliphatic carbocycles. The second-order valence-corrected chi connectivity index (χ2v) is 7.99. The highest BCUT2D eigenvalue weighted by Crippen LogP contribution is 2.68. The van der Waals surface area contributed by atoms with Crippen LogP contribution in [0.4, 0.5) is 23.2 Å². The van der Waals surface area contributed by atoms with E-state index in [-0.39, 0.29) is 41.2 Å². The van der Waals surface area contributed by atoms with Crippen molar-refractivity contribution in [2.24, 2.45) is 35.5 Å². The maximum Gasteiger partial charge on any atom is 0.461 e. The first-order valence-electron chi connectivity index (χ1n) is 9.12. The molecule has 1 aromatic rings. The van der Waals surface area contributed by atoms with E-state index < -0.39 is 18.3 Å². The molecule has 6 atom stereocenters. The van der Waals surface area contributed by atoms with Crippen molar-refractivity contribution in [1.82, 2.24) is 0 Å². The van der Waals surface area contributed by atoms with Crippen LogP contribution in [-0.2, 0) is 9.59 Å². The van der Waals surface area contributed by atoms with Gasteiger partial charge in [-0.2, -0.15) is 17.6 Å². The van der Waals surface area contributed by atoms with Gasteiger partial charge in [0.05, 0.1) is 17.5 Å². The summed E-state index contributed by atoms with van der Waals surface area (Å²) < 4.78 is 54.5. The van der Waals surface area contributed by atoms with E-state index in [1.54, 1.807) is 0 Å². The van der Waals surface area contributed by atoms with Crippen LogP contribution in [0.3, 0.4) is 0 Å². The number of alkyl halides is 4. The van der Waals surface area contributed by atoms with Crippen LogP contribution in [0.25, 0.3) is 0 Å². The van der Waals surface area contributed by atoms with Gasteiger partial charge in [-0.1, -0.05) is 0 Å². The lowest BCUT2D eigenvalue weighted by molar-refractivity contribution is -0.253. The third-order valence-corrected chi connectivity index (χ3v) is 6.75. The van der Waals surface area contributed by atoms with Gasteiger partial charge < -0.3 is 4.74 Å². The third kappa shape index (κ3) is 2.34. The molecule has 4 saturated carbocycles. The lowest BCUT2D eigenvalue weighted by atomic mass is 9.59. The summed E-state index contributed by atoms with van der Waals surface area (Å²) in [5.41, 5.74) is 0.264. The van der Waals surface area contributed by atoms with Gasteiger partial charge in [-0.05, 0) is 67.2 Å². The first kappa shape index (κ1) is 17.0. The number of amides is 2. The Morgan fingerprint density at radius 3 is 1.93 bits per heavy atom. The van der Waals surface area contributed by atoms with Crippen LogP contribution in [0.15, 0.2) is 24.3 Å². The lowest BCUT2D eigenvalue weighted by Gasteiger charge is -2.42. The summed E-state index contributed by atoms with van der Waals surface area (Å²) in [4.78, 5) is 27.1. The Hall–Kier alpha value is -2.12. The minimum atomic E-state index is -4.60. The molecule has 0 aromatic heterocycles. The van der Waals surface area contributed by atoms with Gasteiger partial charge in [0.15, 0.2) is 0 Å². The van der Waals surface area contributed by atoms with Crippen molar-refractivity contribution < 1.29 is 31.9 Å². The van der Waals surface area contributed by atoms with Crippen molar-refractivity contribution in [2.45, 2.75) is 31.8 Å². The van der Waals surface area contributed by atoms with Gasteiger partial charge in [0.25, 0.3) is 0 Å². The molecular formula is C19H17F4NO3. The molecule has 5 aliphatic rings. The number of benzene rings is 1. The van der Waals surface area contributed by atoms with Crippen LogP contribution < -0.4 is 9.64 Å². The van der Waals surface area contributed by atoms with E-state index in [4.69, 9.17) is 0 Å². The summed E-state index contributed by atoms with van der Waals surface area (Å²) in [5.74, 6) is 0.189. The Morgan fingerprint density at radius 2 is 1.44 bits per heavy atom. The molecule has 8 heteroatoms. The number of anilines is 1. The summed E-state index contributed by atoms with van der Waals surface area (Å²) in [6.45, 7) is 0. The number of ether oxygens (including phenoxy) is 1. The fraction of sp³-hybridized carbons (Fsp3) is 0.579. The quantitative estimate of drug-likeness (QED) is 0.588. The number of nitrogens with zero attached hydrogens (tertiary/aromatic N) is 1. The summed E-state index contributed by atoms with van der Waals surface area (Å²) >= 11 is 0. The summed E-state index contributed by atoms with van der Waals surface area (Å²) in [6, 6.07) is 4.71. The van der Waals surface area contributed by atoms with Crippen molar-refractivity contribution in [2.75, 3.05) is 4.90 Å². The normalized spacial score (nSPS) is 36.9. The SMILES string of the molecule is O=C1C2C3CCC(C4CC43)C2C(=O)N1c1ccc(OC(F)(F)C(F)F)cc1. The van der Waals surface area contributed by atoms with Crippen LogP contribution in [0.1, 0.15) is 19.3 Å². The van der Waals surface area contributed by atoms with Gasteiger partial charge in [0, 0.05) is 0 Å². The van der Waals surface area contributed by atoms with E-state index in [0.717, 1.165) is 36.3 Å². The second kappa shape index (κ2) is 5.45. The molecule has 1 aliphatic heterocycles. The lowest BCUT2D eigenvalue weighted by Crippen LogP contribution is -2.43. The predicted molar refractivity (Wildman–Crippen MR) is 85.3 cm³/mol. The van der Waals surface area contributed by atoms with Crippen LogP contribution in [0.2, 0.25) is 0 Å². The van der Waals surface area contributed by atoms with E-state index in [2.05, 4.69) is 4.74 Å². The molecule has 6 rings (SSSR count). The minimum Gasteiger partial charge on any atom is -0.428 e. The molecule has 1 saturated heterocycles. The van der Waals surface area contributed by atoms with Crippen molar-refractivity contribution in [3.63, 3.8) is 0 Å². The summed E-state index contributed by atoms with van der Waals surface area (Å²) in [5, 5.41) is 0. The number of carbonyl (C=O) groups is 2. The zero-order chi connectivity index (χ0) is 19.1. The molecule has 2 amide bonds. The van der Waals surface area contributed by atoms with Crippen LogP contribution in [0.5, 0.6) is 5.75 Å². The van der Waals surface area contributed by atoms with Gasteiger partial charge in [0.1, 0.15) is 5.75 Å². The largest absolute Gasteiger partial charge is 0.461 e. The molecule has 0 spiro atoms. The number of halogens is 4. The number of imide groups is 1. The average molecular weight is 383 g/mol. The third-order valence-electron chi connectivity index (χ3n) is 6.75. The topological polar surface area (TPSA) is 46.6 Å². The average Bonchev–Trinajstić information content (AvgIpc) is 3.40. The van der Waals surface area contributed by atoms with Crippen molar-refractivity contribution in [3.05, 3.63) is 24.3 Å². The Balaban J connectivity index is 1.39. The highest BCUT2D eigenvalue weighted by molar-refractivity contribution is 6.22. The van der Waals surface area contributed by atoms with Crippen LogP contribution >= 0.6 is 0 Å². The Kier molecular flexibility index (Phi) is 3.44. The van der Waals surface area contributed by atoms with Gasteiger partial charge in [-0.3, -0.25) is 14.5 Å². The van der Waals surface area contributed by atoms with Crippen molar-refractivity contribution in [1.29, 1.82) is 0 Å². The Morgan fingerprint density at radius 1 is 0.926 bits per heavy atom. The highest BCUT2D eigenvalue weighted by atomic mass is 19.3. The van der Waals surface area contributed by atoms with Gasteiger partial charge in [-0.25, -0.2) is 0 Å². The molecule has 6 unspecified atom stereocenters. The second-order valence-electron chi connectivity index (χ2n) is 7.99. The van der Waals surface area contributed by atoms with Gasteiger partial charge in [0.2, 0.25) is 11.8 Å². The maximum absolute atomic E-state index is 13.0. The molecule has 5 fully saturated rings. The first-order valence-corrected chi connectivity index (χ1v) is 9.12. The number of carbonyl (C=O) groups excluding carboxylic acids is 2. The minimum absolute atomic E-state index is 0.225.